The van der Waals surface area contributed by atoms with Gasteiger partial charge in [-0.05, 0) is 113 Å². The molecule has 0 spiro atoms. The van der Waals surface area contributed by atoms with Crippen LogP contribution in [-0.4, -0.2) is 4.57 Å². The maximum atomic E-state index is 2.52. The third kappa shape index (κ3) is 3.94. The van der Waals surface area contributed by atoms with Crippen LogP contribution in [0.4, 0.5) is 0 Å². The third-order valence-electron chi connectivity index (χ3n) is 11.8. The molecule has 0 amide bonds. The monoisotopic (exact) mass is 661 g/mol. The molecule has 1 heteroatoms. The van der Waals surface area contributed by atoms with Gasteiger partial charge in [-0.15, -0.1) is 0 Å². The summed E-state index contributed by atoms with van der Waals surface area (Å²) >= 11 is 0. The average Bonchev–Trinajstić information content (AvgIpc) is 3.65. The molecule has 0 saturated carbocycles. The lowest BCUT2D eigenvalue weighted by Crippen LogP contribution is -2.15. The summed E-state index contributed by atoms with van der Waals surface area (Å²) < 4.78 is 2.40. The highest BCUT2D eigenvalue weighted by Crippen LogP contribution is 2.54. The second-order valence-electron chi connectivity index (χ2n) is 14.8. The zero-order chi connectivity index (χ0) is 34.6. The Bertz CT molecular complexity index is 3030. The molecule has 0 atom stereocenters. The Kier molecular flexibility index (Phi) is 6.08. The molecular weight excluding hydrogens is 627 g/mol. The Hall–Kier alpha value is -6.44. The van der Waals surface area contributed by atoms with E-state index in [1.807, 2.05) is 0 Å². The first-order valence-corrected chi connectivity index (χ1v) is 18.3. The van der Waals surface area contributed by atoms with Crippen molar-refractivity contribution in [1.29, 1.82) is 0 Å². The van der Waals surface area contributed by atoms with E-state index in [0.717, 1.165) is 0 Å². The van der Waals surface area contributed by atoms with Gasteiger partial charge in [0.1, 0.15) is 0 Å². The van der Waals surface area contributed by atoms with Crippen LogP contribution in [0.15, 0.2) is 176 Å². The van der Waals surface area contributed by atoms with E-state index >= 15 is 0 Å². The van der Waals surface area contributed by atoms with Crippen LogP contribution in [0.1, 0.15) is 25.0 Å². The molecule has 244 valence electrons. The SMILES string of the molecule is CC1(C)c2ccccc2-c2c1cc(-c1c3ccccc3c(-c3ccc4c(c3)c3ccccc3n4-c3ccccc3)c3ccccc13)c1ccccc21. The summed E-state index contributed by atoms with van der Waals surface area (Å²) in [5.74, 6) is 0. The van der Waals surface area contributed by atoms with Gasteiger partial charge in [0.05, 0.1) is 11.0 Å². The number of aromatic nitrogens is 1. The molecule has 0 saturated heterocycles. The van der Waals surface area contributed by atoms with Crippen molar-refractivity contribution in [1.82, 2.24) is 4.57 Å². The fraction of sp³-hybridized carbons (Fsp3) is 0.0588. The molecule has 0 radical (unpaired) electrons. The summed E-state index contributed by atoms with van der Waals surface area (Å²) in [7, 11) is 0. The number of nitrogens with zero attached hydrogens (tertiary/aromatic N) is 1. The number of benzene rings is 9. The zero-order valence-electron chi connectivity index (χ0n) is 29.2. The molecule has 0 fully saturated rings. The van der Waals surface area contributed by atoms with E-state index in [-0.39, 0.29) is 5.41 Å². The molecule has 1 heterocycles. The molecule has 0 bridgehead atoms. The van der Waals surface area contributed by atoms with Gasteiger partial charge in [0.15, 0.2) is 0 Å². The highest BCUT2D eigenvalue weighted by Gasteiger charge is 2.37. The van der Waals surface area contributed by atoms with Gasteiger partial charge in [-0.2, -0.15) is 0 Å². The summed E-state index contributed by atoms with van der Waals surface area (Å²) in [5, 5.41) is 10.3. The lowest BCUT2D eigenvalue weighted by Gasteiger charge is -2.24. The van der Waals surface area contributed by atoms with Crippen molar-refractivity contribution in [2.45, 2.75) is 19.3 Å². The Labute approximate surface area is 303 Å². The minimum atomic E-state index is -0.107. The summed E-state index contributed by atoms with van der Waals surface area (Å²) in [6.07, 6.45) is 0. The number of fused-ring (bicyclic) bond motifs is 10. The van der Waals surface area contributed by atoms with E-state index in [1.54, 1.807) is 0 Å². The first-order valence-electron chi connectivity index (χ1n) is 18.3. The highest BCUT2D eigenvalue weighted by molar-refractivity contribution is 6.25. The maximum absolute atomic E-state index is 2.52. The van der Waals surface area contributed by atoms with Crippen LogP contribution >= 0.6 is 0 Å². The Morgan fingerprint density at radius 1 is 0.346 bits per heavy atom. The first kappa shape index (κ1) is 29.3. The molecule has 1 aliphatic rings. The van der Waals surface area contributed by atoms with Crippen molar-refractivity contribution < 1.29 is 0 Å². The van der Waals surface area contributed by atoms with E-state index in [4.69, 9.17) is 0 Å². The van der Waals surface area contributed by atoms with Crippen molar-refractivity contribution in [3.8, 4) is 39.1 Å². The summed E-state index contributed by atoms with van der Waals surface area (Å²) in [5.41, 5.74) is 14.2. The number of hydrogen-bond acceptors (Lipinski definition) is 0. The minimum absolute atomic E-state index is 0.107. The molecule has 0 aliphatic heterocycles. The third-order valence-corrected chi connectivity index (χ3v) is 11.8. The van der Waals surface area contributed by atoms with Crippen molar-refractivity contribution in [3.63, 3.8) is 0 Å². The largest absolute Gasteiger partial charge is 0.309 e. The van der Waals surface area contributed by atoms with Gasteiger partial charge < -0.3 is 4.57 Å². The van der Waals surface area contributed by atoms with Crippen molar-refractivity contribution in [2.24, 2.45) is 0 Å². The predicted molar refractivity (Wildman–Crippen MR) is 222 cm³/mol. The summed E-state index contributed by atoms with van der Waals surface area (Å²) in [6.45, 7) is 4.78. The molecule has 52 heavy (non-hydrogen) atoms. The zero-order valence-corrected chi connectivity index (χ0v) is 29.2. The number of para-hydroxylation sites is 2. The van der Waals surface area contributed by atoms with Crippen LogP contribution in [0.25, 0.3) is 93.2 Å². The minimum Gasteiger partial charge on any atom is -0.309 e. The summed E-state index contributed by atoms with van der Waals surface area (Å²) in [4.78, 5) is 0. The fourth-order valence-electron chi connectivity index (χ4n) is 9.47. The highest BCUT2D eigenvalue weighted by atomic mass is 15.0. The molecule has 10 aromatic rings. The van der Waals surface area contributed by atoms with E-state index in [1.165, 1.54) is 104 Å². The molecule has 9 aromatic carbocycles. The van der Waals surface area contributed by atoms with Gasteiger partial charge >= 0.3 is 0 Å². The van der Waals surface area contributed by atoms with Crippen LogP contribution in [-0.2, 0) is 5.41 Å². The summed E-state index contributed by atoms with van der Waals surface area (Å²) in [6, 6.07) is 65.3. The molecular formula is C51H35N. The standard InChI is InChI=1S/C51H35N/c1-51(2)44-26-14-12-25-41(44)50-36-20-7-6-18-34(36)43(31-45(50)51)49-39-23-10-8-21-37(39)48(38-22-9-11-24-40(38)49)32-28-29-47-42(30-32)35-19-13-15-27-46(35)52(47)33-16-4-3-5-17-33/h3-31H,1-2H3. The van der Waals surface area contributed by atoms with Crippen LogP contribution in [0.3, 0.4) is 0 Å². The van der Waals surface area contributed by atoms with Crippen molar-refractivity contribution in [3.05, 3.63) is 187 Å². The van der Waals surface area contributed by atoms with Crippen LogP contribution in [0.2, 0.25) is 0 Å². The molecule has 11 rings (SSSR count). The smallest absolute Gasteiger partial charge is 0.0541 e. The Morgan fingerprint density at radius 2 is 0.865 bits per heavy atom. The lowest BCUT2D eigenvalue weighted by atomic mass is 9.79. The van der Waals surface area contributed by atoms with Crippen LogP contribution in [0, 0.1) is 0 Å². The van der Waals surface area contributed by atoms with Gasteiger partial charge in [-0.3, -0.25) is 0 Å². The second kappa shape index (κ2) is 10.8. The van der Waals surface area contributed by atoms with Gasteiger partial charge in [0.25, 0.3) is 0 Å². The van der Waals surface area contributed by atoms with E-state index in [0.29, 0.717) is 0 Å². The van der Waals surface area contributed by atoms with Gasteiger partial charge in [-0.1, -0.05) is 153 Å². The molecule has 0 unspecified atom stereocenters. The fourth-order valence-corrected chi connectivity index (χ4v) is 9.47. The molecule has 1 aromatic heterocycles. The topological polar surface area (TPSA) is 4.93 Å². The van der Waals surface area contributed by atoms with Crippen molar-refractivity contribution in [2.75, 3.05) is 0 Å². The normalized spacial score (nSPS) is 13.3. The van der Waals surface area contributed by atoms with E-state index in [2.05, 4.69) is 194 Å². The molecule has 1 nitrogen and oxygen atoms in total. The number of hydrogen-bond donors (Lipinski definition) is 0. The molecule has 0 N–H and O–H groups in total. The second-order valence-corrected chi connectivity index (χ2v) is 14.8. The van der Waals surface area contributed by atoms with E-state index in [9.17, 15) is 0 Å². The van der Waals surface area contributed by atoms with Gasteiger partial charge in [0.2, 0.25) is 0 Å². The average molecular weight is 662 g/mol. The Morgan fingerprint density at radius 3 is 1.56 bits per heavy atom. The van der Waals surface area contributed by atoms with Crippen molar-refractivity contribution >= 4 is 54.1 Å². The van der Waals surface area contributed by atoms with Gasteiger partial charge in [-0.25, -0.2) is 0 Å². The quantitative estimate of drug-likeness (QED) is 0.166. The van der Waals surface area contributed by atoms with E-state index < -0.39 is 0 Å². The molecule has 1 aliphatic carbocycles. The Balaban J connectivity index is 1.23. The van der Waals surface area contributed by atoms with Gasteiger partial charge in [0, 0.05) is 21.9 Å². The lowest BCUT2D eigenvalue weighted by molar-refractivity contribution is 0.661. The maximum Gasteiger partial charge on any atom is 0.0541 e. The van der Waals surface area contributed by atoms with Crippen LogP contribution < -0.4 is 0 Å². The first-order chi connectivity index (χ1) is 25.6. The van der Waals surface area contributed by atoms with Crippen LogP contribution in [0.5, 0.6) is 0 Å². The number of rotatable bonds is 3. The predicted octanol–water partition coefficient (Wildman–Crippen LogP) is 13.9.